The number of ether oxygens (including phenoxy) is 2. The molecule has 1 aromatic heterocycles. The van der Waals surface area contributed by atoms with E-state index >= 15 is 0 Å². The normalized spacial score (nSPS) is 14.8. The maximum absolute atomic E-state index is 13.4. The first-order valence-corrected chi connectivity index (χ1v) is 11.3. The van der Waals surface area contributed by atoms with Crippen molar-refractivity contribution in [1.82, 2.24) is 14.5 Å². The third-order valence-electron chi connectivity index (χ3n) is 6.38. The van der Waals surface area contributed by atoms with Gasteiger partial charge in [0.15, 0.2) is 0 Å². The third kappa shape index (κ3) is 4.22. The number of rotatable bonds is 8. The highest BCUT2D eigenvalue weighted by molar-refractivity contribution is 5.94. The van der Waals surface area contributed by atoms with Gasteiger partial charge in [0, 0.05) is 48.9 Å². The first kappa shape index (κ1) is 20.6. The van der Waals surface area contributed by atoms with Crippen LogP contribution in [-0.4, -0.2) is 41.1 Å². The van der Waals surface area contributed by atoms with Crippen molar-refractivity contribution in [2.24, 2.45) is 5.92 Å². The number of methoxy groups -OCH3 is 2. The van der Waals surface area contributed by atoms with E-state index in [-0.39, 0.29) is 5.91 Å². The number of benzene rings is 2. The van der Waals surface area contributed by atoms with Gasteiger partial charge in [0.05, 0.1) is 19.9 Å². The zero-order chi connectivity index (χ0) is 22.1. The Morgan fingerprint density at radius 3 is 2.78 bits per heavy atom. The van der Waals surface area contributed by atoms with Gasteiger partial charge in [-0.1, -0.05) is 6.07 Å². The second-order valence-corrected chi connectivity index (χ2v) is 8.73. The van der Waals surface area contributed by atoms with Crippen LogP contribution in [0.3, 0.4) is 0 Å². The summed E-state index contributed by atoms with van der Waals surface area (Å²) in [5.41, 5.74) is 3.68. The van der Waals surface area contributed by atoms with Gasteiger partial charge in [-0.25, -0.2) is 4.98 Å². The Morgan fingerprint density at radius 1 is 1.16 bits per heavy atom. The van der Waals surface area contributed by atoms with Crippen LogP contribution in [0, 0.1) is 5.92 Å². The van der Waals surface area contributed by atoms with Crippen molar-refractivity contribution in [2.45, 2.75) is 38.8 Å². The second-order valence-electron chi connectivity index (χ2n) is 8.73. The van der Waals surface area contributed by atoms with Gasteiger partial charge in [0.25, 0.3) is 5.91 Å². The van der Waals surface area contributed by atoms with E-state index in [1.54, 1.807) is 14.2 Å². The summed E-state index contributed by atoms with van der Waals surface area (Å²) in [6.45, 7) is 2.29. The molecule has 0 saturated heterocycles. The second kappa shape index (κ2) is 8.69. The first-order chi connectivity index (χ1) is 15.6. The number of aryl methyl sites for hydroxylation is 2. The van der Waals surface area contributed by atoms with Crippen molar-refractivity contribution in [3.63, 3.8) is 0 Å². The molecule has 0 atom stereocenters. The molecule has 1 amide bonds. The van der Waals surface area contributed by atoms with E-state index in [1.807, 2.05) is 35.2 Å². The maximum atomic E-state index is 13.4. The van der Waals surface area contributed by atoms with E-state index in [9.17, 15) is 4.79 Å². The minimum absolute atomic E-state index is 0.0178. The van der Waals surface area contributed by atoms with Crippen LogP contribution in [0.2, 0.25) is 0 Å². The SMILES string of the molecule is COc1cccc(C(=O)N(Cc2cc(-c3cn4c(n3)CCC4)ccc2OC)CC2CC2)c1. The standard InChI is InChI=1S/C26H29N3O3/c1-31-22-6-3-5-20(14-22)26(30)29(15-18-8-9-18)16-21-13-19(10-11-24(21)32-2)23-17-28-12-4-7-25(28)27-23/h3,5-6,10-11,13-14,17-18H,4,7-9,12,15-16H2,1-2H3. The van der Waals surface area contributed by atoms with Crippen LogP contribution in [0.4, 0.5) is 0 Å². The van der Waals surface area contributed by atoms with Gasteiger partial charge in [-0.2, -0.15) is 0 Å². The molecule has 3 aromatic rings. The molecule has 0 bridgehead atoms. The zero-order valence-electron chi connectivity index (χ0n) is 18.7. The Hall–Kier alpha value is -3.28. The number of hydrogen-bond donors (Lipinski definition) is 0. The molecule has 1 aliphatic carbocycles. The quantitative estimate of drug-likeness (QED) is 0.524. The third-order valence-corrected chi connectivity index (χ3v) is 6.38. The average molecular weight is 432 g/mol. The van der Waals surface area contributed by atoms with Gasteiger partial charge in [-0.05, 0) is 61.6 Å². The molecule has 1 saturated carbocycles. The van der Waals surface area contributed by atoms with Crippen molar-refractivity contribution in [3.8, 4) is 22.8 Å². The summed E-state index contributed by atoms with van der Waals surface area (Å²) in [4.78, 5) is 20.2. The van der Waals surface area contributed by atoms with Crippen LogP contribution >= 0.6 is 0 Å². The largest absolute Gasteiger partial charge is 0.497 e. The predicted molar refractivity (Wildman–Crippen MR) is 123 cm³/mol. The highest BCUT2D eigenvalue weighted by Gasteiger charge is 2.28. The smallest absolute Gasteiger partial charge is 0.254 e. The molecule has 166 valence electrons. The Kier molecular flexibility index (Phi) is 5.60. The van der Waals surface area contributed by atoms with E-state index in [4.69, 9.17) is 14.5 Å². The lowest BCUT2D eigenvalue weighted by Gasteiger charge is -2.24. The van der Waals surface area contributed by atoms with Gasteiger partial charge in [0.1, 0.15) is 17.3 Å². The molecule has 32 heavy (non-hydrogen) atoms. The lowest BCUT2D eigenvalue weighted by atomic mass is 10.1. The van der Waals surface area contributed by atoms with Crippen LogP contribution in [0.1, 0.15) is 41.0 Å². The predicted octanol–water partition coefficient (Wildman–Crippen LogP) is 4.57. The molecule has 1 fully saturated rings. The number of fused-ring (bicyclic) bond motifs is 1. The fourth-order valence-corrected chi connectivity index (χ4v) is 4.43. The summed E-state index contributed by atoms with van der Waals surface area (Å²) in [5.74, 6) is 3.23. The minimum Gasteiger partial charge on any atom is -0.497 e. The Balaban J connectivity index is 1.44. The molecular formula is C26H29N3O3. The molecule has 2 aromatic carbocycles. The Labute approximate surface area is 188 Å². The summed E-state index contributed by atoms with van der Waals surface area (Å²) in [6, 6.07) is 13.5. The lowest BCUT2D eigenvalue weighted by molar-refractivity contribution is 0.0733. The summed E-state index contributed by atoms with van der Waals surface area (Å²) < 4.78 is 13.2. The Bertz CT molecular complexity index is 1110. The van der Waals surface area contributed by atoms with Crippen LogP contribution in [0.15, 0.2) is 48.7 Å². The minimum atomic E-state index is 0.0178. The number of imidazole rings is 1. The highest BCUT2D eigenvalue weighted by atomic mass is 16.5. The van der Waals surface area contributed by atoms with Gasteiger partial charge >= 0.3 is 0 Å². The average Bonchev–Trinajstić information content (AvgIpc) is 3.38. The molecule has 6 heteroatoms. The van der Waals surface area contributed by atoms with E-state index in [2.05, 4.69) is 22.9 Å². The number of hydrogen-bond acceptors (Lipinski definition) is 4. The van der Waals surface area contributed by atoms with Crippen molar-refractivity contribution in [1.29, 1.82) is 0 Å². The molecule has 0 N–H and O–H groups in total. The van der Waals surface area contributed by atoms with Crippen LogP contribution < -0.4 is 9.47 Å². The summed E-state index contributed by atoms with van der Waals surface area (Å²) in [5, 5.41) is 0. The monoisotopic (exact) mass is 431 g/mol. The molecule has 0 unspecified atom stereocenters. The van der Waals surface area contributed by atoms with Crippen LogP contribution in [0.5, 0.6) is 11.5 Å². The van der Waals surface area contributed by atoms with Gasteiger partial charge < -0.3 is 18.9 Å². The maximum Gasteiger partial charge on any atom is 0.254 e. The number of aromatic nitrogens is 2. The topological polar surface area (TPSA) is 56.6 Å². The molecule has 0 radical (unpaired) electrons. The highest BCUT2D eigenvalue weighted by Crippen LogP contribution is 2.33. The van der Waals surface area contributed by atoms with Crippen molar-refractivity contribution < 1.29 is 14.3 Å². The lowest BCUT2D eigenvalue weighted by Crippen LogP contribution is -2.32. The van der Waals surface area contributed by atoms with E-state index in [1.165, 1.54) is 19.3 Å². The number of nitrogens with zero attached hydrogens (tertiary/aromatic N) is 3. The molecule has 2 heterocycles. The molecule has 6 nitrogen and oxygen atoms in total. The Morgan fingerprint density at radius 2 is 2.03 bits per heavy atom. The summed E-state index contributed by atoms with van der Waals surface area (Å²) in [7, 11) is 3.30. The van der Waals surface area contributed by atoms with Crippen molar-refractivity contribution >= 4 is 5.91 Å². The van der Waals surface area contributed by atoms with Crippen molar-refractivity contribution in [3.05, 3.63) is 65.6 Å². The van der Waals surface area contributed by atoms with Crippen LogP contribution in [0.25, 0.3) is 11.3 Å². The molecule has 1 aliphatic heterocycles. The number of amides is 1. The number of carbonyl (C=O) groups excluding carboxylic acids is 1. The fourth-order valence-electron chi connectivity index (χ4n) is 4.43. The van der Waals surface area contributed by atoms with E-state index in [0.29, 0.717) is 23.8 Å². The fraction of sp³-hybridized carbons (Fsp3) is 0.385. The summed E-state index contributed by atoms with van der Waals surface area (Å²) >= 11 is 0. The zero-order valence-corrected chi connectivity index (χ0v) is 18.7. The molecule has 0 spiro atoms. The van der Waals surface area contributed by atoms with E-state index in [0.717, 1.165) is 47.9 Å². The van der Waals surface area contributed by atoms with Gasteiger partial charge in [0.2, 0.25) is 0 Å². The van der Waals surface area contributed by atoms with Crippen molar-refractivity contribution in [2.75, 3.05) is 20.8 Å². The molecule has 2 aliphatic rings. The first-order valence-electron chi connectivity index (χ1n) is 11.3. The number of carbonyl (C=O) groups is 1. The van der Waals surface area contributed by atoms with Crippen LogP contribution in [-0.2, 0) is 19.5 Å². The van der Waals surface area contributed by atoms with Gasteiger partial charge in [-0.3, -0.25) is 4.79 Å². The summed E-state index contributed by atoms with van der Waals surface area (Å²) in [6.07, 6.45) is 6.70. The molecule has 5 rings (SSSR count). The molecular weight excluding hydrogens is 402 g/mol. The van der Waals surface area contributed by atoms with Gasteiger partial charge in [-0.15, -0.1) is 0 Å². The van der Waals surface area contributed by atoms with E-state index < -0.39 is 0 Å².